The monoisotopic (exact) mass is 457 g/mol. The molecule has 1 fully saturated rings. The third kappa shape index (κ3) is 4.21. The summed E-state index contributed by atoms with van der Waals surface area (Å²) < 4.78 is 41.4. The summed E-state index contributed by atoms with van der Waals surface area (Å²) in [6.07, 6.45) is 3.27. The van der Waals surface area contributed by atoms with E-state index in [1.54, 1.807) is 17.4 Å². The molecule has 0 unspecified atom stereocenters. The number of anilines is 1. The molecule has 5 rings (SSSR count). The van der Waals surface area contributed by atoms with Gasteiger partial charge in [-0.05, 0) is 42.0 Å². The van der Waals surface area contributed by atoms with Gasteiger partial charge in [0.1, 0.15) is 5.52 Å². The van der Waals surface area contributed by atoms with Crippen LogP contribution < -0.4 is 5.32 Å². The highest BCUT2D eigenvalue weighted by Crippen LogP contribution is 2.34. The Kier molecular flexibility index (Phi) is 5.58. The van der Waals surface area contributed by atoms with Crippen LogP contribution in [0, 0.1) is 0 Å². The summed E-state index contributed by atoms with van der Waals surface area (Å²) >= 11 is 1.55. The first-order valence-corrected chi connectivity index (χ1v) is 11.6. The number of alkyl halides is 3. The summed E-state index contributed by atoms with van der Waals surface area (Å²) in [4.78, 5) is 15.0. The molecule has 0 spiro atoms. The zero-order chi connectivity index (χ0) is 22.1. The molecular formula is C23H22F3N5S. The maximum Gasteiger partial charge on any atom is 0.416 e. The minimum absolute atomic E-state index is 0.205. The van der Waals surface area contributed by atoms with E-state index in [9.17, 15) is 13.2 Å². The Bertz CT molecular complexity index is 1210. The lowest BCUT2D eigenvalue weighted by atomic mass is 9.95. The standard InChI is InChI=1S/C23H22F3N5S/c24-23(25,26)16-7-4-6-15(12-16)13-27-21-19-22(30-20(29-21)18-10-5-11-32-18)31(14-28-19)17-8-2-1-3-9-17/h4-7,10-12,14,17H,1-3,8-9,13H2,(H,27,29,30). The molecule has 0 amide bonds. The maximum absolute atomic E-state index is 13.1. The first-order chi connectivity index (χ1) is 15.5. The quantitative estimate of drug-likeness (QED) is 0.363. The molecule has 1 aromatic carbocycles. The van der Waals surface area contributed by atoms with Crippen molar-refractivity contribution in [1.82, 2.24) is 19.5 Å². The normalized spacial score (nSPS) is 15.3. The van der Waals surface area contributed by atoms with E-state index >= 15 is 0 Å². The Hall–Kier alpha value is -2.94. The van der Waals surface area contributed by atoms with Gasteiger partial charge in [0, 0.05) is 12.6 Å². The number of thiophene rings is 1. The summed E-state index contributed by atoms with van der Waals surface area (Å²) in [5.41, 5.74) is 1.27. The molecule has 166 valence electrons. The molecule has 32 heavy (non-hydrogen) atoms. The van der Waals surface area contributed by atoms with Crippen molar-refractivity contribution in [3.63, 3.8) is 0 Å². The molecule has 1 N–H and O–H groups in total. The SMILES string of the molecule is FC(F)(F)c1cccc(CNc2nc(-c3cccs3)nc3c2ncn3C2CCCCC2)c1. The van der Waals surface area contributed by atoms with Gasteiger partial charge in [0.05, 0.1) is 16.8 Å². The van der Waals surface area contributed by atoms with E-state index < -0.39 is 11.7 Å². The fourth-order valence-electron chi connectivity index (χ4n) is 4.23. The second kappa shape index (κ2) is 8.54. The topological polar surface area (TPSA) is 55.6 Å². The van der Waals surface area contributed by atoms with Gasteiger partial charge < -0.3 is 9.88 Å². The van der Waals surface area contributed by atoms with E-state index in [4.69, 9.17) is 4.98 Å². The largest absolute Gasteiger partial charge is 0.416 e. The molecule has 0 saturated heterocycles. The number of hydrogen-bond donors (Lipinski definition) is 1. The predicted octanol–water partition coefficient (Wildman–Crippen LogP) is 6.69. The lowest BCUT2D eigenvalue weighted by Crippen LogP contribution is -2.13. The molecule has 0 bridgehead atoms. The van der Waals surface area contributed by atoms with E-state index in [1.165, 1.54) is 25.3 Å². The zero-order valence-corrected chi connectivity index (χ0v) is 18.1. The van der Waals surface area contributed by atoms with Crippen LogP contribution in [0.3, 0.4) is 0 Å². The van der Waals surface area contributed by atoms with Gasteiger partial charge in [0.25, 0.3) is 0 Å². The number of imidazole rings is 1. The van der Waals surface area contributed by atoms with Gasteiger partial charge in [0.2, 0.25) is 0 Å². The Morgan fingerprint density at radius 1 is 1.06 bits per heavy atom. The highest BCUT2D eigenvalue weighted by Gasteiger charge is 2.30. The molecular weight excluding hydrogens is 435 g/mol. The number of halogens is 3. The van der Waals surface area contributed by atoms with E-state index in [1.807, 2.05) is 23.8 Å². The van der Waals surface area contributed by atoms with Gasteiger partial charge >= 0.3 is 6.18 Å². The number of benzene rings is 1. The van der Waals surface area contributed by atoms with Crippen LogP contribution in [0.5, 0.6) is 0 Å². The summed E-state index contributed by atoms with van der Waals surface area (Å²) in [6.45, 7) is 0.205. The van der Waals surface area contributed by atoms with E-state index in [0.29, 0.717) is 28.8 Å². The van der Waals surface area contributed by atoms with Crippen molar-refractivity contribution in [3.05, 3.63) is 59.2 Å². The second-order valence-corrected chi connectivity index (χ2v) is 8.99. The van der Waals surface area contributed by atoms with Crippen molar-refractivity contribution in [1.29, 1.82) is 0 Å². The minimum Gasteiger partial charge on any atom is -0.364 e. The third-order valence-electron chi connectivity index (χ3n) is 5.85. The minimum atomic E-state index is -4.37. The Labute approximate surface area is 187 Å². The van der Waals surface area contributed by atoms with Crippen LogP contribution in [0.2, 0.25) is 0 Å². The Morgan fingerprint density at radius 3 is 2.66 bits per heavy atom. The van der Waals surface area contributed by atoms with Crippen molar-refractivity contribution in [2.24, 2.45) is 0 Å². The van der Waals surface area contributed by atoms with E-state index in [-0.39, 0.29) is 6.54 Å². The number of nitrogens with one attached hydrogen (secondary N) is 1. The number of hydrogen-bond acceptors (Lipinski definition) is 5. The molecule has 4 aromatic rings. The summed E-state index contributed by atoms with van der Waals surface area (Å²) in [6, 6.07) is 9.59. The number of aromatic nitrogens is 4. The first kappa shape index (κ1) is 20.9. The van der Waals surface area contributed by atoms with Gasteiger partial charge in [0.15, 0.2) is 17.3 Å². The van der Waals surface area contributed by atoms with Crippen molar-refractivity contribution in [2.75, 3.05) is 5.32 Å². The van der Waals surface area contributed by atoms with Crippen molar-refractivity contribution >= 4 is 28.3 Å². The van der Waals surface area contributed by atoms with Gasteiger partial charge in [-0.3, -0.25) is 0 Å². The average Bonchev–Trinajstić information content (AvgIpc) is 3.48. The summed E-state index contributed by atoms with van der Waals surface area (Å²) in [5.74, 6) is 1.13. The molecule has 0 radical (unpaired) electrons. The molecule has 1 aliphatic rings. The van der Waals surface area contributed by atoms with Crippen LogP contribution in [0.4, 0.5) is 19.0 Å². The molecule has 3 aromatic heterocycles. The highest BCUT2D eigenvalue weighted by atomic mass is 32.1. The predicted molar refractivity (Wildman–Crippen MR) is 120 cm³/mol. The number of fused-ring (bicyclic) bond motifs is 1. The smallest absolute Gasteiger partial charge is 0.364 e. The molecule has 0 aliphatic heterocycles. The Morgan fingerprint density at radius 2 is 1.91 bits per heavy atom. The maximum atomic E-state index is 13.1. The second-order valence-electron chi connectivity index (χ2n) is 8.04. The van der Waals surface area contributed by atoms with Gasteiger partial charge in [-0.25, -0.2) is 15.0 Å². The molecule has 1 saturated carbocycles. The third-order valence-corrected chi connectivity index (χ3v) is 6.71. The zero-order valence-electron chi connectivity index (χ0n) is 17.3. The first-order valence-electron chi connectivity index (χ1n) is 10.7. The van der Waals surface area contributed by atoms with Crippen LogP contribution in [0.1, 0.15) is 49.3 Å². The molecule has 0 atom stereocenters. The van der Waals surface area contributed by atoms with Crippen LogP contribution in [-0.4, -0.2) is 19.5 Å². The van der Waals surface area contributed by atoms with Crippen LogP contribution in [-0.2, 0) is 12.7 Å². The van der Waals surface area contributed by atoms with Crippen LogP contribution >= 0.6 is 11.3 Å². The molecule has 3 heterocycles. The lowest BCUT2D eigenvalue weighted by molar-refractivity contribution is -0.137. The van der Waals surface area contributed by atoms with Gasteiger partial charge in [-0.2, -0.15) is 13.2 Å². The molecule has 5 nitrogen and oxygen atoms in total. The van der Waals surface area contributed by atoms with E-state index in [2.05, 4.69) is 19.9 Å². The Balaban J connectivity index is 1.51. The van der Waals surface area contributed by atoms with Gasteiger partial charge in [-0.1, -0.05) is 37.5 Å². The fraction of sp³-hybridized carbons (Fsp3) is 0.348. The van der Waals surface area contributed by atoms with Crippen LogP contribution in [0.15, 0.2) is 48.1 Å². The molecule has 9 heteroatoms. The van der Waals surface area contributed by atoms with Crippen molar-refractivity contribution in [3.8, 4) is 10.7 Å². The van der Waals surface area contributed by atoms with E-state index in [0.717, 1.165) is 35.5 Å². The van der Waals surface area contributed by atoms with Crippen LogP contribution in [0.25, 0.3) is 21.9 Å². The highest BCUT2D eigenvalue weighted by molar-refractivity contribution is 7.13. The summed E-state index contributed by atoms with van der Waals surface area (Å²) in [7, 11) is 0. The van der Waals surface area contributed by atoms with Crippen molar-refractivity contribution in [2.45, 2.75) is 50.9 Å². The average molecular weight is 458 g/mol. The lowest BCUT2D eigenvalue weighted by Gasteiger charge is -2.23. The van der Waals surface area contributed by atoms with Crippen molar-refractivity contribution < 1.29 is 13.2 Å². The summed E-state index contributed by atoms with van der Waals surface area (Å²) in [5, 5.41) is 5.18. The number of rotatable bonds is 5. The van der Waals surface area contributed by atoms with Gasteiger partial charge in [-0.15, -0.1) is 11.3 Å². The fourth-order valence-corrected chi connectivity index (χ4v) is 4.88. The number of nitrogens with zero attached hydrogens (tertiary/aromatic N) is 4. The molecule has 1 aliphatic carbocycles.